The van der Waals surface area contributed by atoms with E-state index in [-0.39, 0.29) is 0 Å². The van der Waals surface area contributed by atoms with Crippen LogP contribution in [0.3, 0.4) is 0 Å². The molecule has 0 aromatic heterocycles. The first-order valence-corrected chi connectivity index (χ1v) is 8.35. The third-order valence-electron chi connectivity index (χ3n) is 2.98. The molecule has 0 aliphatic carbocycles. The van der Waals surface area contributed by atoms with Gasteiger partial charge in [-0.15, -0.1) is 0 Å². The molecule has 1 rings (SSSR count). The van der Waals surface area contributed by atoms with Crippen LogP contribution in [0, 0.1) is 0 Å². The van der Waals surface area contributed by atoms with Crippen molar-refractivity contribution in [3.05, 3.63) is 24.3 Å². The van der Waals surface area contributed by atoms with Gasteiger partial charge in [0.05, 0.1) is 11.5 Å². The Morgan fingerprint density at radius 2 is 1.85 bits per heavy atom. The molecule has 2 N–H and O–H groups in total. The molecule has 0 fully saturated rings. The van der Waals surface area contributed by atoms with Crippen molar-refractivity contribution < 1.29 is 13.2 Å². The zero-order valence-corrected chi connectivity index (χ0v) is 13.0. The van der Waals surface area contributed by atoms with Crippen LogP contribution in [0.2, 0.25) is 0 Å². The summed E-state index contributed by atoms with van der Waals surface area (Å²) < 4.78 is 31.4. The molecule has 0 radical (unpaired) electrons. The van der Waals surface area contributed by atoms with E-state index in [9.17, 15) is 8.42 Å². The summed E-state index contributed by atoms with van der Waals surface area (Å²) in [4.78, 5) is 0.294. The molecule has 1 aromatic carbocycles. The number of nitrogens with zero attached hydrogens (tertiary/aromatic N) is 1. The predicted octanol–water partition coefficient (Wildman–Crippen LogP) is 1.83. The molecule has 0 amide bonds. The molecule has 0 unspecified atom stereocenters. The first-order valence-electron chi connectivity index (χ1n) is 6.91. The summed E-state index contributed by atoms with van der Waals surface area (Å²) in [5.74, 6) is 0.661. The third-order valence-corrected chi connectivity index (χ3v) is 4.85. The lowest BCUT2D eigenvalue weighted by Gasteiger charge is -2.17. The zero-order valence-electron chi connectivity index (χ0n) is 12.2. The lowest BCUT2D eigenvalue weighted by Crippen LogP contribution is -2.27. The van der Waals surface area contributed by atoms with E-state index < -0.39 is 10.0 Å². The maximum atomic E-state index is 12.3. The van der Waals surface area contributed by atoms with Gasteiger partial charge in [-0.25, -0.2) is 12.7 Å². The van der Waals surface area contributed by atoms with Gasteiger partial charge in [0.25, 0.3) is 0 Å². The van der Waals surface area contributed by atoms with Crippen molar-refractivity contribution >= 4 is 10.0 Å². The standard InChI is InChI=1S/C14H24N2O3S/c1-3-4-11-16(2)20(17,18)14-8-6-13(7-9-14)19-12-5-10-15/h6-9H,3-5,10-12,15H2,1-2H3. The van der Waals surface area contributed by atoms with Crippen LogP contribution >= 0.6 is 0 Å². The second-order valence-corrected chi connectivity index (χ2v) is 6.69. The SMILES string of the molecule is CCCCN(C)S(=O)(=O)c1ccc(OCCCN)cc1. The van der Waals surface area contributed by atoms with Gasteiger partial charge in [0.15, 0.2) is 0 Å². The van der Waals surface area contributed by atoms with E-state index >= 15 is 0 Å². The molecular weight excluding hydrogens is 276 g/mol. The van der Waals surface area contributed by atoms with E-state index in [0.29, 0.717) is 30.3 Å². The van der Waals surface area contributed by atoms with E-state index in [1.54, 1.807) is 31.3 Å². The van der Waals surface area contributed by atoms with Crippen molar-refractivity contribution in [1.82, 2.24) is 4.31 Å². The minimum absolute atomic E-state index is 0.294. The van der Waals surface area contributed by atoms with Crippen LogP contribution in [0.15, 0.2) is 29.2 Å². The Labute approximate surface area is 121 Å². The van der Waals surface area contributed by atoms with Gasteiger partial charge in [0, 0.05) is 13.6 Å². The summed E-state index contributed by atoms with van der Waals surface area (Å²) in [7, 11) is -1.79. The zero-order chi connectivity index (χ0) is 15.0. The Morgan fingerprint density at radius 3 is 2.40 bits per heavy atom. The van der Waals surface area contributed by atoms with Crippen molar-refractivity contribution in [3.63, 3.8) is 0 Å². The first kappa shape index (κ1) is 16.9. The van der Waals surface area contributed by atoms with Crippen molar-refractivity contribution in [2.24, 2.45) is 5.73 Å². The summed E-state index contributed by atoms with van der Waals surface area (Å²) in [5.41, 5.74) is 5.38. The normalized spacial score (nSPS) is 11.8. The average Bonchev–Trinajstić information content (AvgIpc) is 2.45. The molecule has 5 nitrogen and oxygen atoms in total. The molecule has 20 heavy (non-hydrogen) atoms. The van der Waals surface area contributed by atoms with Gasteiger partial charge in [-0.3, -0.25) is 0 Å². The van der Waals surface area contributed by atoms with Crippen molar-refractivity contribution in [2.45, 2.75) is 31.1 Å². The predicted molar refractivity (Wildman–Crippen MR) is 80.3 cm³/mol. The van der Waals surface area contributed by atoms with Gasteiger partial charge in [-0.2, -0.15) is 0 Å². The second-order valence-electron chi connectivity index (χ2n) is 4.64. The fraction of sp³-hybridized carbons (Fsp3) is 0.571. The Morgan fingerprint density at radius 1 is 1.20 bits per heavy atom. The number of nitrogens with two attached hydrogens (primary N) is 1. The monoisotopic (exact) mass is 300 g/mol. The molecule has 0 aliphatic heterocycles. The second kappa shape index (κ2) is 8.24. The Bertz CT molecular complexity index is 486. The maximum Gasteiger partial charge on any atom is 0.242 e. The molecule has 0 heterocycles. The van der Waals surface area contributed by atoms with Crippen molar-refractivity contribution in [1.29, 1.82) is 0 Å². The highest BCUT2D eigenvalue weighted by atomic mass is 32.2. The van der Waals surface area contributed by atoms with Gasteiger partial charge in [-0.05, 0) is 43.7 Å². The molecule has 0 spiro atoms. The fourth-order valence-corrected chi connectivity index (χ4v) is 2.87. The topological polar surface area (TPSA) is 72.6 Å². The number of ether oxygens (including phenoxy) is 1. The minimum Gasteiger partial charge on any atom is -0.494 e. The van der Waals surface area contributed by atoms with Crippen LogP contribution in [-0.2, 0) is 10.0 Å². The quantitative estimate of drug-likeness (QED) is 0.706. The third kappa shape index (κ3) is 4.77. The lowest BCUT2D eigenvalue weighted by atomic mass is 10.3. The number of hydrogen-bond acceptors (Lipinski definition) is 4. The number of rotatable bonds is 9. The van der Waals surface area contributed by atoms with Gasteiger partial charge in [-0.1, -0.05) is 13.3 Å². The Kier molecular flexibility index (Phi) is 6.98. The van der Waals surface area contributed by atoms with Gasteiger partial charge < -0.3 is 10.5 Å². The maximum absolute atomic E-state index is 12.3. The highest BCUT2D eigenvalue weighted by Crippen LogP contribution is 2.19. The number of unbranched alkanes of at least 4 members (excludes halogenated alkanes) is 1. The van der Waals surface area contributed by atoms with Crippen LogP contribution < -0.4 is 10.5 Å². The summed E-state index contributed by atoms with van der Waals surface area (Å²) in [6.07, 6.45) is 2.60. The van der Waals surface area contributed by atoms with E-state index in [2.05, 4.69) is 0 Å². The molecule has 0 bridgehead atoms. The van der Waals surface area contributed by atoms with E-state index in [0.717, 1.165) is 19.3 Å². The molecule has 1 aromatic rings. The van der Waals surface area contributed by atoms with Crippen LogP contribution in [-0.4, -0.2) is 39.5 Å². The minimum atomic E-state index is -3.40. The first-order chi connectivity index (χ1) is 9.52. The van der Waals surface area contributed by atoms with E-state index in [1.807, 2.05) is 6.92 Å². The summed E-state index contributed by atoms with van der Waals surface area (Å²) in [6.45, 7) is 3.69. The molecule has 114 valence electrons. The van der Waals surface area contributed by atoms with Crippen LogP contribution in [0.1, 0.15) is 26.2 Å². The lowest BCUT2D eigenvalue weighted by molar-refractivity contribution is 0.313. The van der Waals surface area contributed by atoms with Crippen LogP contribution in [0.4, 0.5) is 0 Å². The molecule has 6 heteroatoms. The number of sulfonamides is 1. The highest BCUT2D eigenvalue weighted by molar-refractivity contribution is 7.89. The van der Waals surface area contributed by atoms with Crippen LogP contribution in [0.5, 0.6) is 5.75 Å². The Hall–Kier alpha value is -1.11. The molecular formula is C14H24N2O3S. The van der Waals surface area contributed by atoms with Gasteiger partial charge in [0.1, 0.15) is 5.75 Å². The van der Waals surface area contributed by atoms with Gasteiger partial charge >= 0.3 is 0 Å². The number of benzene rings is 1. The van der Waals surface area contributed by atoms with Crippen LogP contribution in [0.25, 0.3) is 0 Å². The summed E-state index contributed by atoms with van der Waals surface area (Å²) in [6, 6.07) is 6.51. The number of hydrogen-bond donors (Lipinski definition) is 1. The molecule has 0 saturated heterocycles. The molecule has 0 aliphatic rings. The Balaban J connectivity index is 2.71. The highest BCUT2D eigenvalue weighted by Gasteiger charge is 2.19. The molecule has 0 atom stereocenters. The summed E-state index contributed by atoms with van der Waals surface area (Å²) in [5, 5.41) is 0. The van der Waals surface area contributed by atoms with E-state index in [4.69, 9.17) is 10.5 Å². The smallest absolute Gasteiger partial charge is 0.242 e. The summed E-state index contributed by atoms with van der Waals surface area (Å²) >= 11 is 0. The van der Waals surface area contributed by atoms with E-state index in [1.165, 1.54) is 4.31 Å². The van der Waals surface area contributed by atoms with Gasteiger partial charge in [0.2, 0.25) is 10.0 Å². The average molecular weight is 300 g/mol. The fourth-order valence-electron chi connectivity index (χ4n) is 1.66. The van der Waals surface area contributed by atoms with Crippen molar-refractivity contribution in [2.75, 3.05) is 26.7 Å². The molecule has 0 saturated carbocycles. The van der Waals surface area contributed by atoms with Crippen molar-refractivity contribution in [3.8, 4) is 5.75 Å². The largest absolute Gasteiger partial charge is 0.494 e.